The second kappa shape index (κ2) is 9.24. The molecule has 0 spiro atoms. The molecule has 0 aromatic heterocycles. The fourth-order valence-corrected chi connectivity index (χ4v) is 3.40. The summed E-state index contributed by atoms with van der Waals surface area (Å²) in [6.07, 6.45) is 1.77. The molecule has 0 aliphatic carbocycles. The number of aryl methyl sites for hydroxylation is 2. The number of rotatable bonds is 5. The molecular formula is C24H23NOS. The Bertz CT molecular complexity index is 944. The van der Waals surface area contributed by atoms with Gasteiger partial charge in [0.2, 0.25) is 0 Å². The first-order valence-electron chi connectivity index (χ1n) is 8.89. The van der Waals surface area contributed by atoms with Gasteiger partial charge in [-0.1, -0.05) is 65.4 Å². The summed E-state index contributed by atoms with van der Waals surface area (Å²) in [5, 5.41) is 0.916. The van der Waals surface area contributed by atoms with Crippen LogP contribution < -0.4 is 4.74 Å². The molecule has 0 heterocycles. The van der Waals surface area contributed by atoms with E-state index in [1.807, 2.05) is 61.5 Å². The molecule has 3 aromatic rings. The first kappa shape index (κ1) is 19.0. The molecule has 0 atom stereocenters. The monoisotopic (exact) mass is 373 g/mol. The molecule has 0 aliphatic rings. The highest BCUT2D eigenvalue weighted by Gasteiger charge is 2.07. The van der Waals surface area contributed by atoms with Crippen LogP contribution in [0.5, 0.6) is 5.75 Å². The zero-order valence-electron chi connectivity index (χ0n) is 15.8. The highest BCUT2D eigenvalue weighted by molar-refractivity contribution is 8.14. The number of para-hydroxylation sites is 1. The molecule has 0 aliphatic heterocycles. The van der Waals surface area contributed by atoms with Crippen LogP contribution in [0.1, 0.15) is 18.1 Å². The Hall–Kier alpha value is -2.78. The Balaban J connectivity index is 1.87. The molecule has 3 rings (SSSR count). The number of aliphatic imine (C=N–C) groups is 1. The van der Waals surface area contributed by atoms with Crippen molar-refractivity contribution >= 4 is 22.5 Å². The number of benzene rings is 3. The normalized spacial score (nSPS) is 12.1. The summed E-state index contributed by atoms with van der Waals surface area (Å²) >= 11 is 1.65. The fourth-order valence-electron chi connectivity index (χ4n) is 2.43. The zero-order valence-corrected chi connectivity index (χ0v) is 16.7. The highest BCUT2D eigenvalue weighted by atomic mass is 32.2. The number of nitrogens with zero attached hydrogens (tertiary/aromatic N) is 1. The first-order chi connectivity index (χ1) is 13.1. The summed E-state index contributed by atoms with van der Waals surface area (Å²) in [6, 6.07) is 26.5. The lowest BCUT2D eigenvalue weighted by Crippen LogP contribution is -1.97. The van der Waals surface area contributed by atoms with Crippen LogP contribution in [-0.4, -0.2) is 5.04 Å². The lowest BCUT2D eigenvalue weighted by atomic mass is 10.2. The molecule has 3 aromatic carbocycles. The third-order valence-corrected chi connectivity index (χ3v) is 5.02. The van der Waals surface area contributed by atoms with Crippen LogP contribution in [0.2, 0.25) is 0 Å². The van der Waals surface area contributed by atoms with Gasteiger partial charge in [0.15, 0.2) is 0 Å². The Kier molecular flexibility index (Phi) is 6.50. The molecule has 3 heteroatoms. The Morgan fingerprint density at radius 3 is 2.30 bits per heavy atom. The van der Waals surface area contributed by atoms with Crippen molar-refractivity contribution in [2.45, 2.75) is 25.7 Å². The van der Waals surface area contributed by atoms with Crippen LogP contribution >= 0.6 is 11.8 Å². The van der Waals surface area contributed by atoms with Crippen LogP contribution in [0.3, 0.4) is 0 Å². The first-order valence-corrected chi connectivity index (χ1v) is 9.70. The minimum Gasteiger partial charge on any atom is -0.465 e. The smallest absolute Gasteiger partial charge is 0.126 e. The number of thioether (sulfide) groups is 1. The van der Waals surface area contributed by atoms with E-state index in [4.69, 9.17) is 9.73 Å². The largest absolute Gasteiger partial charge is 0.465 e. The van der Waals surface area contributed by atoms with Gasteiger partial charge in [-0.2, -0.15) is 0 Å². The molecule has 2 nitrogen and oxygen atoms in total. The molecular weight excluding hydrogens is 350 g/mol. The van der Waals surface area contributed by atoms with Gasteiger partial charge in [0.25, 0.3) is 0 Å². The highest BCUT2D eigenvalue weighted by Crippen LogP contribution is 2.27. The zero-order chi connectivity index (χ0) is 19.1. The van der Waals surface area contributed by atoms with Gasteiger partial charge in [0, 0.05) is 10.5 Å². The minimum absolute atomic E-state index is 0.819. The minimum atomic E-state index is 0.819. The van der Waals surface area contributed by atoms with Gasteiger partial charge in [-0.25, -0.2) is 4.99 Å². The Morgan fingerprint density at radius 1 is 0.852 bits per heavy atom. The quantitative estimate of drug-likeness (QED) is 0.206. The van der Waals surface area contributed by atoms with Gasteiger partial charge in [0.1, 0.15) is 10.8 Å². The number of hydrogen-bond donors (Lipinski definition) is 0. The molecule has 0 N–H and O–H groups in total. The van der Waals surface area contributed by atoms with Crippen LogP contribution in [-0.2, 0) is 0 Å². The SMILES string of the molecule is CC(=COc1ccc(C)cc1)C(=Nc1ccccc1)Sc1cccc(C)c1. The van der Waals surface area contributed by atoms with Crippen molar-refractivity contribution in [3.63, 3.8) is 0 Å². The summed E-state index contributed by atoms with van der Waals surface area (Å²) in [4.78, 5) is 6.00. The maximum atomic E-state index is 5.85. The van der Waals surface area contributed by atoms with Crippen LogP contribution in [0, 0.1) is 13.8 Å². The topological polar surface area (TPSA) is 21.6 Å². The molecule has 0 radical (unpaired) electrons. The van der Waals surface area contributed by atoms with Gasteiger partial charge >= 0.3 is 0 Å². The summed E-state index contributed by atoms with van der Waals surface area (Å²) < 4.78 is 5.85. The predicted molar refractivity (Wildman–Crippen MR) is 116 cm³/mol. The van der Waals surface area contributed by atoms with Crippen molar-refractivity contribution in [3.05, 3.63) is 102 Å². The fraction of sp³-hybridized carbons (Fsp3) is 0.125. The van der Waals surface area contributed by atoms with E-state index in [-0.39, 0.29) is 0 Å². The lowest BCUT2D eigenvalue weighted by molar-refractivity contribution is 0.478. The Morgan fingerprint density at radius 2 is 1.59 bits per heavy atom. The lowest BCUT2D eigenvalue weighted by Gasteiger charge is -2.09. The molecule has 136 valence electrons. The average Bonchev–Trinajstić information content (AvgIpc) is 2.68. The van der Waals surface area contributed by atoms with E-state index in [0.717, 1.165) is 26.9 Å². The van der Waals surface area contributed by atoms with Crippen LogP contribution in [0.4, 0.5) is 5.69 Å². The number of ether oxygens (including phenoxy) is 1. The summed E-state index contributed by atoms with van der Waals surface area (Å²) in [7, 11) is 0. The van der Waals surface area contributed by atoms with Gasteiger partial charge in [0.05, 0.1) is 11.9 Å². The third kappa shape index (κ3) is 5.87. The van der Waals surface area contributed by atoms with Crippen molar-refractivity contribution in [3.8, 4) is 5.75 Å². The average molecular weight is 374 g/mol. The van der Waals surface area contributed by atoms with E-state index in [1.54, 1.807) is 18.0 Å². The van der Waals surface area contributed by atoms with Gasteiger partial charge < -0.3 is 4.74 Å². The maximum absolute atomic E-state index is 5.85. The molecule has 0 bridgehead atoms. The predicted octanol–water partition coefficient (Wildman–Crippen LogP) is 7.11. The van der Waals surface area contributed by atoms with Gasteiger partial charge in [-0.3, -0.25) is 0 Å². The standard InChI is InChI=1S/C24H23NOS/c1-18-12-14-22(15-13-18)26-17-20(3)24(25-21-9-5-4-6-10-21)27-23-11-7-8-19(2)16-23/h4-17H,1-3H3. The van der Waals surface area contributed by atoms with Crippen molar-refractivity contribution in [1.29, 1.82) is 0 Å². The summed E-state index contributed by atoms with van der Waals surface area (Å²) in [5.41, 5.74) is 4.35. The van der Waals surface area contributed by atoms with E-state index in [9.17, 15) is 0 Å². The summed E-state index contributed by atoms with van der Waals surface area (Å²) in [5.74, 6) is 0.819. The second-order valence-corrected chi connectivity index (χ2v) is 7.47. The molecule has 27 heavy (non-hydrogen) atoms. The number of hydrogen-bond acceptors (Lipinski definition) is 3. The van der Waals surface area contributed by atoms with Crippen molar-refractivity contribution < 1.29 is 4.74 Å². The van der Waals surface area contributed by atoms with Crippen molar-refractivity contribution in [2.75, 3.05) is 0 Å². The van der Waals surface area contributed by atoms with Crippen LogP contribution in [0.15, 0.2) is 101 Å². The van der Waals surface area contributed by atoms with E-state index in [1.165, 1.54) is 11.1 Å². The van der Waals surface area contributed by atoms with E-state index in [2.05, 4.69) is 38.1 Å². The Labute approximate surface area is 165 Å². The van der Waals surface area contributed by atoms with Gasteiger partial charge in [-0.15, -0.1) is 0 Å². The molecule has 0 unspecified atom stereocenters. The van der Waals surface area contributed by atoms with E-state index >= 15 is 0 Å². The molecule has 0 saturated heterocycles. The molecule has 0 saturated carbocycles. The van der Waals surface area contributed by atoms with Gasteiger partial charge in [-0.05, 0) is 57.2 Å². The summed E-state index contributed by atoms with van der Waals surface area (Å²) in [6.45, 7) is 6.19. The van der Waals surface area contributed by atoms with E-state index in [0.29, 0.717) is 0 Å². The maximum Gasteiger partial charge on any atom is 0.126 e. The molecule has 0 fully saturated rings. The third-order valence-electron chi connectivity index (χ3n) is 3.92. The van der Waals surface area contributed by atoms with Crippen molar-refractivity contribution in [2.24, 2.45) is 4.99 Å². The van der Waals surface area contributed by atoms with E-state index < -0.39 is 0 Å². The van der Waals surface area contributed by atoms with Crippen molar-refractivity contribution in [1.82, 2.24) is 0 Å². The second-order valence-electron chi connectivity index (χ2n) is 6.40. The van der Waals surface area contributed by atoms with Crippen LogP contribution in [0.25, 0.3) is 0 Å². The molecule has 0 amide bonds.